The van der Waals surface area contributed by atoms with Gasteiger partial charge in [0.2, 0.25) is 0 Å². The van der Waals surface area contributed by atoms with E-state index < -0.39 is 95.3 Å². The molecule has 7 aromatic carbocycles. The number of anilines is 1. The SMILES string of the molecule is Nc1c(N=Nc2ccc(N=Nc3ccccc3S(=O)(=O)O)c3ccc(N=Nc4cc(OC=O)cc(C(=O)O)c4)c(O)c23)cc(S(=O)(=O)O)c2cc(S(=O)(=O)O)c(N=Nc3ccc([N+](=O)[O-])cc3)c(O)c12. The number of nitrogen functional groups attached to an aromatic ring is 1. The predicted octanol–water partition coefficient (Wildman–Crippen LogP) is 9.53. The van der Waals surface area contributed by atoms with E-state index >= 15 is 0 Å². The molecule has 0 saturated carbocycles. The Morgan fingerprint density at radius 3 is 1.81 bits per heavy atom. The molecule has 0 radical (unpaired) electrons. The van der Waals surface area contributed by atoms with E-state index in [-0.39, 0.29) is 68.4 Å². The van der Waals surface area contributed by atoms with Crippen molar-refractivity contribution < 1.29 is 73.5 Å². The minimum absolute atomic E-state index is 0.0148. The molecule has 0 aromatic heterocycles. The van der Waals surface area contributed by atoms with E-state index in [2.05, 4.69) is 40.9 Å². The molecule has 7 aromatic rings. The van der Waals surface area contributed by atoms with Crippen molar-refractivity contribution in [3.05, 3.63) is 119 Å². The highest BCUT2D eigenvalue weighted by Crippen LogP contribution is 2.50. The Kier molecular flexibility index (Phi) is 13.2. The van der Waals surface area contributed by atoms with Gasteiger partial charge in [-0.25, -0.2) is 4.79 Å². The average Bonchev–Trinajstić information content (AvgIpc) is 3.29. The van der Waals surface area contributed by atoms with Crippen molar-refractivity contribution in [2.24, 2.45) is 40.9 Å². The standard InChI is InChI=1S/C40H26N10O17S3/c41-36-30(17-32(69(61,62)63)25-16-33(70(64,65)66)37(39(53)35(25)36)49-42-20-5-7-22(8-6-20)50(56)57)48-46-28-12-11-26(44-45-27-3-1-2-4-31(27)68(58,59)60)24-9-10-29(38(52)34(24)28)47-43-21-13-19(40(54)55)14-23(15-21)67-18-51/h1-18,52-53H,41H2,(H,54,55)(H,58,59,60)(H,61,62,63)(H,64,65,66). The summed E-state index contributed by atoms with van der Waals surface area (Å²) in [5.41, 5.74) is 2.07. The first-order valence-corrected chi connectivity index (χ1v) is 23.1. The highest BCUT2D eigenvalue weighted by atomic mass is 32.2. The first-order chi connectivity index (χ1) is 33.0. The number of non-ortho nitro benzene ring substituents is 1. The molecule has 27 nitrogen and oxygen atoms in total. The fourth-order valence-corrected chi connectivity index (χ4v) is 8.43. The summed E-state index contributed by atoms with van der Waals surface area (Å²) in [7, 11) is -15.6. The number of azo groups is 4. The first-order valence-electron chi connectivity index (χ1n) is 18.8. The second-order valence-electron chi connectivity index (χ2n) is 14.0. The molecule has 0 aliphatic rings. The zero-order valence-corrected chi connectivity index (χ0v) is 36.8. The van der Waals surface area contributed by atoms with Crippen LogP contribution in [-0.2, 0) is 35.1 Å². The van der Waals surface area contributed by atoms with Gasteiger partial charge in [-0.05, 0) is 72.8 Å². The molecule has 0 bridgehead atoms. The summed E-state index contributed by atoms with van der Waals surface area (Å²) in [5, 5.41) is 73.6. The van der Waals surface area contributed by atoms with Crippen molar-refractivity contribution in [3.63, 3.8) is 0 Å². The molecule has 0 aliphatic carbocycles. The lowest BCUT2D eigenvalue weighted by Gasteiger charge is -2.14. The number of rotatable bonds is 15. The van der Waals surface area contributed by atoms with Gasteiger partial charge in [0.1, 0.15) is 43.2 Å². The van der Waals surface area contributed by atoms with Crippen LogP contribution in [0.5, 0.6) is 17.2 Å². The number of aromatic hydroxyl groups is 2. The van der Waals surface area contributed by atoms with Crippen LogP contribution in [0.2, 0.25) is 0 Å². The van der Waals surface area contributed by atoms with E-state index in [1.54, 1.807) is 0 Å². The number of carboxylic acids is 1. The molecular formula is C40H26N10O17S3. The summed E-state index contributed by atoms with van der Waals surface area (Å²) >= 11 is 0. The lowest BCUT2D eigenvalue weighted by molar-refractivity contribution is -0.384. The Labute approximate surface area is 390 Å². The number of hydrogen-bond donors (Lipinski definition) is 7. The second kappa shape index (κ2) is 18.9. The van der Waals surface area contributed by atoms with Crippen LogP contribution in [-0.4, -0.2) is 71.6 Å². The van der Waals surface area contributed by atoms with Crippen LogP contribution < -0.4 is 10.5 Å². The summed E-state index contributed by atoms with van der Waals surface area (Å²) in [4.78, 5) is 30.1. The Hall–Kier alpha value is -9.07. The second-order valence-corrected chi connectivity index (χ2v) is 18.1. The van der Waals surface area contributed by atoms with Crippen molar-refractivity contribution in [2.75, 3.05) is 5.73 Å². The van der Waals surface area contributed by atoms with Crippen LogP contribution in [0.15, 0.2) is 159 Å². The summed E-state index contributed by atoms with van der Waals surface area (Å²) < 4.78 is 110. The first kappa shape index (κ1) is 48.9. The minimum Gasteiger partial charge on any atom is -0.505 e. The number of phenolic OH excluding ortho intramolecular Hbond substituents is 2. The number of ether oxygens (including phenoxy) is 1. The van der Waals surface area contributed by atoms with Gasteiger partial charge < -0.3 is 25.8 Å². The van der Waals surface area contributed by atoms with Gasteiger partial charge in [-0.3, -0.25) is 28.6 Å². The quantitative estimate of drug-likeness (QED) is 0.0125. The molecule has 0 atom stereocenters. The predicted molar refractivity (Wildman–Crippen MR) is 241 cm³/mol. The number of nitrogens with zero attached hydrogens (tertiary/aromatic N) is 9. The summed E-state index contributed by atoms with van der Waals surface area (Å²) in [6.45, 7) is 0.0387. The van der Waals surface area contributed by atoms with E-state index in [1.807, 2.05) is 0 Å². The number of fused-ring (bicyclic) bond motifs is 2. The molecule has 0 aliphatic heterocycles. The third-order valence-electron chi connectivity index (χ3n) is 9.56. The summed E-state index contributed by atoms with van der Waals surface area (Å²) in [5.74, 6) is -3.60. The van der Waals surface area contributed by atoms with Crippen LogP contribution in [0, 0.1) is 10.1 Å². The van der Waals surface area contributed by atoms with Gasteiger partial charge in [-0.2, -0.15) is 35.5 Å². The minimum atomic E-state index is -5.40. The molecule has 0 fully saturated rings. The molecule has 7 rings (SSSR count). The molecular weight excluding hydrogens is 989 g/mol. The zero-order valence-electron chi connectivity index (χ0n) is 34.4. The van der Waals surface area contributed by atoms with E-state index in [1.165, 1.54) is 42.5 Å². The Morgan fingerprint density at radius 1 is 0.586 bits per heavy atom. The van der Waals surface area contributed by atoms with Crippen molar-refractivity contribution in [1.29, 1.82) is 0 Å². The molecule has 8 N–H and O–H groups in total. The maximum Gasteiger partial charge on any atom is 0.335 e. The summed E-state index contributed by atoms with van der Waals surface area (Å²) in [6, 6.07) is 18.5. The number of nitro benzene ring substituents is 1. The van der Waals surface area contributed by atoms with Crippen molar-refractivity contribution in [2.45, 2.75) is 14.7 Å². The van der Waals surface area contributed by atoms with Crippen LogP contribution >= 0.6 is 0 Å². The fraction of sp³-hybridized carbons (Fsp3) is 0. The third-order valence-corrected chi connectivity index (χ3v) is 12.2. The number of nitrogens with two attached hydrogens (primary N) is 1. The number of benzene rings is 7. The fourth-order valence-electron chi connectivity index (χ4n) is 6.46. The Balaban J connectivity index is 1.43. The van der Waals surface area contributed by atoms with Crippen LogP contribution in [0.1, 0.15) is 10.4 Å². The highest BCUT2D eigenvalue weighted by molar-refractivity contribution is 7.86. The number of carbonyl (C=O) groups is 2. The number of aromatic carboxylic acids is 1. The molecule has 0 saturated heterocycles. The third kappa shape index (κ3) is 10.2. The Bertz CT molecular complexity index is 3850. The van der Waals surface area contributed by atoms with Gasteiger partial charge in [0.25, 0.3) is 42.5 Å². The molecule has 0 heterocycles. The van der Waals surface area contributed by atoms with Crippen LogP contribution in [0.4, 0.5) is 56.9 Å². The van der Waals surface area contributed by atoms with E-state index in [4.69, 9.17) is 10.5 Å². The van der Waals surface area contributed by atoms with Gasteiger partial charge in [0.05, 0.1) is 49.7 Å². The van der Waals surface area contributed by atoms with Gasteiger partial charge in [-0.1, -0.05) is 12.1 Å². The van der Waals surface area contributed by atoms with Gasteiger partial charge in [0, 0.05) is 29.0 Å². The summed E-state index contributed by atoms with van der Waals surface area (Å²) in [6.07, 6.45) is 0. The molecule has 0 amide bonds. The van der Waals surface area contributed by atoms with E-state index in [9.17, 15) is 73.9 Å². The maximum absolute atomic E-state index is 12.8. The lowest BCUT2D eigenvalue weighted by Crippen LogP contribution is -2.04. The van der Waals surface area contributed by atoms with Crippen molar-refractivity contribution in [1.82, 2.24) is 0 Å². The molecule has 0 unspecified atom stereocenters. The van der Waals surface area contributed by atoms with E-state index in [0.717, 1.165) is 48.5 Å². The number of carbonyl (C=O) groups excluding carboxylic acids is 1. The zero-order chi connectivity index (χ0) is 50.9. The largest absolute Gasteiger partial charge is 0.505 e. The molecule has 356 valence electrons. The molecule has 0 spiro atoms. The molecule has 30 heteroatoms. The van der Waals surface area contributed by atoms with Crippen LogP contribution in [0.25, 0.3) is 21.5 Å². The number of phenols is 2. The Morgan fingerprint density at radius 2 is 1.17 bits per heavy atom. The smallest absolute Gasteiger partial charge is 0.335 e. The lowest BCUT2D eigenvalue weighted by atomic mass is 10.0. The monoisotopic (exact) mass is 1010 g/mol. The van der Waals surface area contributed by atoms with Gasteiger partial charge >= 0.3 is 5.97 Å². The number of carboxylic acid groups (broad SMARTS) is 1. The van der Waals surface area contributed by atoms with Crippen LogP contribution in [0.3, 0.4) is 0 Å². The van der Waals surface area contributed by atoms with Crippen molar-refractivity contribution in [3.8, 4) is 17.2 Å². The molecule has 70 heavy (non-hydrogen) atoms. The van der Waals surface area contributed by atoms with Crippen molar-refractivity contribution >= 4 is 121 Å². The van der Waals surface area contributed by atoms with Gasteiger partial charge in [0.15, 0.2) is 11.5 Å². The maximum atomic E-state index is 12.8. The average molecular weight is 1010 g/mol. The normalized spacial score (nSPS) is 12.5. The van der Waals surface area contributed by atoms with E-state index in [0.29, 0.717) is 12.1 Å². The topological polar surface area (TPSA) is 435 Å². The number of hydrogen-bond acceptors (Lipinski definition) is 22. The highest BCUT2D eigenvalue weighted by Gasteiger charge is 2.29. The van der Waals surface area contributed by atoms with Gasteiger partial charge in [-0.15, -0.1) is 30.7 Å². The number of nitro groups is 1.